The molecule has 0 aliphatic heterocycles. The molecule has 0 saturated carbocycles. The third-order valence-corrected chi connectivity index (χ3v) is 3.10. The molecule has 112 valence electrons. The Bertz CT molecular complexity index is 483. The molecule has 3 nitrogen and oxygen atoms in total. The highest BCUT2D eigenvalue weighted by Gasteiger charge is 2.33. The first-order valence-corrected chi connectivity index (χ1v) is 6.52. The highest BCUT2D eigenvalue weighted by Crippen LogP contribution is 2.29. The van der Waals surface area contributed by atoms with Crippen LogP contribution in [0.2, 0.25) is 10.0 Å². The van der Waals surface area contributed by atoms with Crippen molar-refractivity contribution in [3.63, 3.8) is 0 Å². The van der Waals surface area contributed by atoms with Gasteiger partial charge in [0.1, 0.15) is 6.54 Å². The first-order valence-electron chi connectivity index (χ1n) is 5.76. The van der Waals surface area contributed by atoms with Crippen molar-refractivity contribution >= 4 is 34.8 Å². The molecule has 0 spiro atoms. The maximum Gasteiger partial charge on any atom is 0.406 e. The fourth-order valence-corrected chi connectivity index (χ4v) is 2.12. The Balaban J connectivity index is 3.06. The molecular weight excluding hydrogens is 316 g/mol. The number of nitrogens with zero attached hydrogens (tertiary/aromatic N) is 1. The van der Waals surface area contributed by atoms with Gasteiger partial charge < -0.3 is 10.6 Å². The second kappa shape index (κ2) is 6.54. The maximum atomic E-state index is 12.5. The van der Waals surface area contributed by atoms with E-state index in [-0.39, 0.29) is 27.8 Å². The molecule has 0 aromatic heterocycles. The fourth-order valence-electron chi connectivity index (χ4n) is 1.63. The predicted molar refractivity (Wildman–Crippen MR) is 73.1 cm³/mol. The van der Waals surface area contributed by atoms with E-state index < -0.39 is 18.6 Å². The number of halogens is 5. The molecule has 20 heavy (non-hydrogen) atoms. The maximum absolute atomic E-state index is 12.5. The van der Waals surface area contributed by atoms with E-state index in [1.54, 1.807) is 6.92 Å². The predicted octanol–water partition coefficient (Wildman–Crippen LogP) is 3.99. The average Bonchev–Trinajstić information content (AvgIpc) is 2.32. The number of benzene rings is 1. The smallest absolute Gasteiger partial charge is 0.396 e. The van der Waals surface area contributed by atoms with Crippen molar-refractivity contribution in [1.82, 2.24) is 4.90 Å². The van der Waals surface area contributed by atoms with Crippen molar-refractivity contribution in [2.45, 2.75) is 19.5 Å². The molecule has 1 rings (SSSR count). The third-order valence-electron chi connectivity index (χ3n) is 2.48. The highest BCUT2D eigenvalue weighted by molar-refractivity contribution is 6.39. The van der Waals surface area contributed by atoms with Crippen LogP contribution in [0.1, 0.15) is 23.7 Å². The second-order valence-electron chi connectivity index (χ2n) is 4.20. The molecule has 0 aliphatic rings. The fraction of sp³-hybridized carbons (Fsp3) is 0.417. The number of nitrogen functional groups attached to an aromatic ring is 1. The highest BCUT2D eigenvalue weighted by atomic mass is 35.5. The number of amides is 1. The summed E-state index contributed by atoms with van der Waals surface area (Å²) in [6.45, 7) is 0.344. The standard InChI is InChI=1S/C12H13Cl2F3N2O/c1-2-3-19(6-12(15,16)17)11(20)7-4-8(13)10(18)9(14)5-7/h4-5H,2-3,6,18H2,1H3. The first kappa shape index (κ1) is 16.9. The van der Waals surface area contributed by atoms with Crippen LogP contribution in [0, 0.1) is 0 Å². The lowest BCUT2D eigenvalue weighted by atomic mass is 10.1. The van der Waals surface area contributed by atoms with Crippen LogP contribution < -0.4 is 5.73 Å². The zero-order chi connectivity index (χ0) is 15.5. The Hall–Kier alpha value is -1.14. The molecule has 0 unspecified atom stereocenters. The van der Waals surface area contributed by atoms with Gasteiger partial charge in [0, 0.05) is 12.1 Å². The lowest BCUT2D eigenvalue weighted by Crippen LogP contribution is -2.39. The van der Waals surface area contributed by atoms with Crippen LogP contribution in [0.5, 0.6) is 0 Å². The van der Waals surface area contributed by atoms with Crippen molar-refractivity contribution < 1.29 is 18.0 Å². The van der Waals surface area contributed by atoms with Crippen LogP contribution in [0.15, 0.2) is 12.1 Å². The average molecular weight is 329 g/mol. The van der Waals surface area contributed by atoms with E-state index in [9.17, 15) is 18.0 Å². The molecule has 8 heteroatoms. The summed E-state index contributed by atoms with van der Waals surface area (Å²) < 4.78 is 37.4. The first-order chi connectivity index (χ1) is 9.15. The van der Waals surface area contributed by atoms with E-state index in [0.29, 0.717) is 11.3 Å². The third kappa shape index (κ3) is 4.45. The number of nitrogens with two attached hydrogens (primary N) is 1. The van der Waals surface area contributed by atoms with Gasteiger partial charge in [0.15, 0.2) is 0 Å². The van der Waals surface area contributed by atoms with Gasteiger partial charge in [-0.1, -0.05) is 30.1 Å². The summed E-state index contributed by atoms with van der Waals surface area (Å²) in [5, 5.41) is 0.0635. The van der Waals surface area contributed by atoms with Crippen LogP contribution in [0.25, 0.3) is 0 Å². The van der Waals surface area contributed by atoms with E-state index in [1.807, 2.05) is 0 Å². The molecule has 0 bridgehead atoms. The summed E-state index contributed by atoms with van der Waals surface area (Å²) in [5.74, 6) is -0.784. The van der Waals surface area contributed by atoms with Gasteiger partial charge in [-0.3, -0.25) is 4.79 Å². The molecule has 0 radical (unpaired) electrons. The Kier molecular flexibility index (Phi) is 5.53. The summed E-state index contributed by atoms with van der Waals surface area (Å²) in [4.78, 5) is 12.8. The molecule has 0 heterocycles. The molecule has 0 aliphatic carbocycles. The molecule has 0 atom stereocenters. The lowest BCUT2D eigenvalue weighted by molar-refractivity contribution is -0.140. The molecule has 2 N–H and O–H groups in total. The minimum absolute atomic E-state index is 0.0159. The molecule has 0 saturated heterocycles. The number of alkyl halides is 3. The van der Waals surface area contributed by atoms with Crippen molar-refractivity contribution in [3.05, 3.63) is 27.7 Å². The Labute approximate surface area is 124 Å². The number of carbonyl (C=O) groups excluding carboxylic acids is 1. The normalized spacial score (nSPS) is 11.5. The SMILES string of the molecule is CCCN(CC(F)(F)F)C(=O)c1cc(Cl)c(N)c(Cl)c1. The second-order valence-corrected chi connectivity index (χ2v) is 5.01. The number of carbonyl (C=O) groups is 1. The molecule has 1 aromatic rings. The minimum Gasteiger partial charge on any atom is -0.396 e. The van der Waals surface area contributed by atoms with E-state index >= 15 is 0 Å². The number of anilines is 1. The minimum atomic E-state index is -4.47. The lowest BCUT2D eigenvalue weighted by Gasteiger charge is -2.23. The summed E-state index contributed by atoms with van der Waals surface area (Å²) in [5.41, 5.74) is 5.58. The van der Waals surface area contributed by atoms with Gasteiger partial charge in [-0.2, -0.15) is 13.2 Å². The van der Waals surface area contributed by atoms with Crippen LogP contribution in [0.4, 0.5) is 18.9 Å². The Morgan fingerprint density at radius 3 is 2.20 bits per heavy atom. The summed E-state index contributed by atoms with van der Waals surface area (Å²) >= 11 is 11.6. The van der Waals surface area contributed by atoms with Gasteiger partial charge in [0.25, 0.3) is 5.91 Å². The quantitative estimate of drug-likeness (QED) is 0.849. The topological polar surface area (TPSA) is 46.3 Å². The van der Waals surface area contributed by atoms with Gasteiger partial charge in [-0.25, -0.2) is 0 Å². The van der Waals surface area contributed by atoms with Crippen LogP contribution in [-0.4, -0.2) is 30.1 Å². The van der Waals surface area contributed by atoms with E-state index in [2.05, 4.69) is 0 Å². The Morgan fingerprint density at radius 1 is 1.30 bits per heavy atom. The van der Waals surface area contributed by atoms with E-state index in [1.165, 1.54) is 12.1 Å². The number of rotatable bonds is 4. The van der Waals surface area contributed by atoms with Crippen molar-refractivity contribution in [3.8, 4) is 0 Å². The van der Waals surface area contributed by atoms with Crippen LogP contribution >= 0.6 is 23.2 Å². The van der Waals surface area contributed by atoms with Crippen molar-refractivity contribution in [2.75, 3.05) is 18.8 Å². The van der Waals surface area contributed by atoms with E-state index in [0.717, 1.165) is 0 Å². The van der Waals surface area contributed by atoms with Gasteiger partial charge in [-0.05, 0) is 18.6 Å². The summed E-state index contributed by atoms with van der Waals surface area (Å²) in [7, 11) is 0. The zero-order valence-corrected chi connectivity index (χ0v) is 12.1. The number of hydrogen-bond acceptors (Lipinski definition) is 2. The summed E-state index contributed by atoms with van der Waals surface area (Å²) in [6, 6.07) is 2.42. The monoisotopic (exact) mass is 328 g/mol. The van der Waals surface area contributed by atoms with Gasteiger partial charge in [-0.15, -0.1) is 0 Å². The Morgan fingerprint density at radius 2 is 1.80 bits per heavy atom. The zero-order valence-electron chi connectivity index (χ0n) is 10.6. The van der Waals surface area contributed by atoms with Gasteiger partial charge in [0.2, 0.25) is 0 Å². The molecule has 1 aromatic carbocycles. The molecule has 1 amide bonds. The summed E-state index contributed by atoms with van der Waals surface area (Å²) in [6.07, 6.45) is -4.06. The largest absolute Gasteiger partial charge is 0.406 e. The van der Waals surface area contributed by atoms with Gasteiger partial charge >= 0.3 is 6.18 Å². The van der Waals surface area contributed by atoms with Crippen LogP contribution in [0.3, 0.4) is 0 Å². The van der Waals surface area contributed by atoms with Crippen molar-refractivity contribution in [2.24, 2.45) is 0 Å². The number of hydrogen-bond donors (Lipinski definition) is 1. The van der Waals surface area contributed by atoms with Crippen LogP contribution in [-0.2, 0) is 0 Å². The molecular formula is C12H13Cl2F3N2O. The van der Waals surface area contributed by atoms with Crippen molar-refractivity contribution in [1.29, 1.82) is 0 Å². The molecule has 0 fully saturated rings. The van der Waals surface area contributed by atoms with Gasteiger partial charge in [0.05, 0.1) is 15.7 Å². The van der Waals surface area contributed by atoms with E-state index in [4.69, 9.17) is 28.9 Å².